The SMILES string of the molecule is Cc1nc(N2CCn3c(nc(C)c3C)C2)c2cnn(C)c2n1. The van der Waals surface area contributed by atoms with E-state index < -0.39 is 0 Å². The lowest BCUT2D eigenvalue weighted by Crippen LogP contribution is -2.35. The molecule has 0 bridgehead atoms. The summed E-state index contributed by atoms with van der Waals surface area (Å²) in [5.41, 5.74) is 3.26. The Balaban J connectivity index is 1.80. The number of rotatable bonds is 1. The van der Waals surface area contributed by atoms with Crippen LogP contribution in [0.4, 0.5) is 5.82 Å². The third-order valence-corrected chi connectivity index (χ3v) is 4.45. The monoisotopic (exact) mass is 297 g/mol. The molecule has 0 radical (unpaired) electrons. The van der Waals surface area contributed by atoms with Crippen molar-refractivity contribution in [3.8, 4) is 0 Å². The second-order valence-corrected chi connectivity index (χ2v) is 5.87. The molecule has 4 heterocycles. The van der Waals surface area contributed by atoms with Crippen LogP contribution in [0.3, 0.4) is 0 Å². The number of hydrogen-bond donors (Lipinski definition) is 0. The van der Waals surface area contributed by atoms with Gasteiger partial charge in [0.1, 0.15) is 17.5 Å². The van der Waals surface area contributed by atoms with Crippen LogP contribution in [0.2, 0.25) is 0 Å². The molecule has 7 nitrogen and oxygen atoms in total. The summed E-state index contributed by atoms with van der Waals surface area (Å²) in [5, 5.41) is 5.32. The van der Waals surface area contributed by atoms with E-state index >= 15 is 0 Å². The molecule has 7 heteroatoms. The summed E-state index contributed by atoms with van der Waals surface area (Å²) in [7, 11) is 1.91. The first kappa shape index (κ1) is 13.2. The highest BCUT2D eigenvalue weighted by Gasteiger charge is 2.23. The summed E-state index contributed by atoms with van der Waals surface area (Å²) in [6, 6.07) is 0. The molecule has 0 saturated heterocycles. The molecular weight excluding hydrogens is 278 g/mol. The van der Waals surface area contributed by atoms with E-state index in [-0.39, 0.29) is 0 Å². The van der Waals surface area contributed by atoms with Crippen molar-refractivity contribution in [3.63, 3.8) is 0 Å². The molecule has 0 spiro atoms. The number of nitrogens with zero attached hydrogens (tertiary/aromatic N) is 7. The van der Waals surface area contributed by atoms with E-state index in [2.05, 4.69) is 38.4 Å². The Labute approximate surface area is 128 Å². The fourth-order valence-electron chi connectivity index (χ4n) is 3.15. The average molecular weight is 297 g/mol. The van der Waals surface area contributed by atoms with Crippen LogP contribution in [-0.2, 0) is 20.1 Å². The van der Waals surface area contributed by atoms with Crippen molar-refractivity contribution in [1.29, 1.82) is 0 Å². The van der Waals surface area contributed by atoms with Gasteiger partial charge in [-0.2, -0.15) is 5.10 Å². The van der Waals surface area contributed by atoms with Gasteiger partial charge < -0.3 is 9.47 Å². The third kappa shape index (κ3) is 1.81. The standard InChI is InChI=1S/C15H19N7/c1-9-10(2)22-6-5-21(8-13(22)17-9)15-12-7-16-20(4)14(12)18-11(3)19-15/h7H,5-6,8H2,1-4H3. The van der Waals surface area contributed by atoms with Gasteiger partial charge in [-0.15, -0.1) is 0 Å². The number of anilines is 1. The van der Waals surface area contributed by atoms with Gasteiger partial charge in [0.2, 0.25) is 0 Å². The van der Waals surface area contributed by atoms with Gasteiger partial charge in [0, 0.05) is 25.8 Å². The van der Waals surface area contributed by atoms with Gasteiger partial charge in [-0.3, -0.25) is 4.68 Å². The maximum Gasteiger partial charge on any atom is 0.163 e. The maximum absolute atomic E-state index is 4.69. The summed E-state index contributed by atoms with van der Waals surface area (Å²) in [5.74, 6) is 2.84. The van der Waals surface area contributed by atoms with Gasteiger partial charge in [-0.05, 0) is 20.8 Å². The zero-order valence-electron chi connectivity index (χ0n) is 13.3. The van der Waals surface area contributed by atoms with E-state index in [1.165, 1.54) is 5.69 Å². The average Bonchev–Trinajstić information content (AvgIpc) is 3.00. The van der Waals surface area contributed by atoms with Crippen molar-refractivity contribution >= 4 is 16.9 Å². The van der Waals surface area contributed by atoms with Crippen molar-refractivity contribution < 1.29 is 0 Å². The van der Waals surface area contributed by atoms with Crippen LogP contribution in [0.5, 0.6) is 0 Å². The predicted molar refractivity (Wildman–Crippen MR) is 83.8 cm³/mol. The molecule has 0 aliphatic carbocycles. The van der Waals surface area contributed by atoms with Crippen molar-refractivity contribution in [3.05, 3.63) is 29.2 Å². The molecule has 0 atom stereocenters. The fraction of sp³-hybridized carbons (Fsp3) is 0.467. The molecule has 0 N–H and O–H groups in total. The van der Waals surface area contributed by atoms with Gasteiger partial charge in [0.25, 0.3) is 0 Å². The molecule has 3 aromatic rings. The summed E-state index contributed by atoms with van der Waals surface area (Å²) < 4.78 is 4.10. The maximum atomic E-state index is 4.69. The van der Waals surface area contributed by atoms with E-state index in [0.29, 0.717) is 0 Å². The van der Waals surface area contributed by atoms with Crippen LogP contribution in [0.15, 0.2) is 6.20 Å². The lowest BCUT2D eigenvalue weighted by Gasteiger charge is -2.29. The minimum atomic E-state index is 0.771. The number of imidazole rings is 1. The number of aromatic nitrogens is 6. The Hall–Kier alpha value is -2.44. The van der Waals surface area contributed by atoms with Crippen LogP contribution in [0.25, 0.3) is 11.0 Å². The van der Waals surface area contributed by atoms with Crippen LogP contribution >= 0.6 is 0 Å². The van der Waals surface area contributed by atoms with E-state index in [1.807, 2.05) is 20.2 Å². The normalized spacial score (nSPS) is 14.6. The van der Waals surface area contributed by atoms with Crippen molar-refractivity contribution in [2.45, 2.75) is 33.9 Å². The molecule has 114 valence electrons. The Morgan fingerprint density at radius 2 is 1.86 bits per heavy atom. The predicted octanol–water partition coefficient (Wildman–Crippen LogP) is 1.51. The molecule has 0 saturated carbocycles. The number of aryl methyl sites for hydroxylation is 3. The minimum absolute atomic E-state index is 0.771. The largest absolute Gasteiger partial charge is 0.347 e. The van der Waals surface area contributed by atoms with Gasteiger partial charge >= 0.3 is 0 Å². The minimum Gasteiger partial charge on any atom is -0.347 e. The molecule has 3 aromatic heterocycles. The van der Waals surface area contributed by atoms with Crippen LogP contribution < -0.4 is 4.90 Å². The highest BCUT2D eigenvalue weighted by atomic mass is 15.3. The number of hydrogen-bond acceptors (Lipinski definition) is 5. The summed E-state index contributed by atoms with van der Waals surface area (Å²) in [6.07, 6.45) is 1.85. The van der Waals surface area contributed by atoms with E-state index in [4.69, 9.17) is 4.98 Å². The Bertz CT molecular complexity index is 874. The van der Waals surface area contributed by atoms with Gasteiger partial charge in [0.05, 0.1) is 23.8 Å². The molecule has 22 heavy (non-hydrogen) atoms. The van der Waals surface area contributed by atoms with Gasteiger partial charge in [-0.25, -0.2) is 15.0 Å². The second-order valence-electron chi connectivity index (χ2n) is 5.87. The molecule has 0 unspecified atom stereocenters. The second kappa shape index (κ2) is 4.53. The fourth-order valence-corrected chi connectivity index (χ4v) is 3.15. The molecule has 1 aliphatic heterocycles. The van der Waals surface area contributed by atoms with Crippen LogP contribution in [-0.4, -0.2) is 35.8 Å². The van der Waals surface area contributed by atoms with Crippen LogP contribution in [0.1, 0.15) is 23.0 Å². The summed E-state index contributed by atoms with van der Waals surface area (Å²) >= 11 is 0. The molecule has 0 aromatic carbocycles. The summed E-state index contributed by atoms with van der Waals surface area (Å²) in [4.78, 5) is 16.1. The lowest BCUT2D eigenvalue weighted by molar-refractivity contribution is 0.548. The van der Waals surface area contributed by atoms with Crippen LogP contribution in [0, 0.1) is 20.8 Å². The molecule has 4 rings (SSSR count). The van der Waals surface area contributed by atoms with E-state index in [0.717, 1.165) is 53.8 Å². The van der Waals surface area contributed by atoms with Gasteiger partial charge in [0.15, 0.2) is 5.65 Å². The smallest absolute Gasteiger partial charge is 0.163 e. The third-order valence-electron chi connectivity index (χ3n) is 4.45. The van der Waals surface area contributed by atoms with E-state index in [1.54, 1.807) is 4.68 Å². The van der Waals surface area contributed by atoms with Crippen molar-refractivity contribution in [2.24, 2.45) is 7.05 Å². The zero-order chi connectivity index (χ0) is 15.4. The topological polar surface area (TPSA) is 64.7 Å². The first-order chi connectivity index (χ1) is 10.5. The lowest BCUT2D eigenvalue weighted by atomic mass is 10.3. The Morgan fingerprint density at radius 1 is 1.05 bits per heavy atom. The molecular formula is C15H19N7. The highest BCUT2D eigenvalue weighted by Crippen LogP contribution is 2.27. The highest BCUT2D eigenvalue weighted by molar-refractivity contribution is 5.87. The Kier molecular flexibility index (Phi) is 2.72. The van der Waals surface area contributed by atoms with Crippen molar-refractivity contribution in [1.82, 2.24) is 29.3 Å². The first-order valence-electron chi connectivity index (χ1n) is 7.48. The summed E-state index contributed by atoms with van der Waals surface area (Å²) in [6.45, 7) is 8.76. The van der Waals surface area contributed by atoms with Gasteiger partial charge in [-0.1, -0.05) is 0 Å². The zero-order valence-corrected chi connectivity index (χ0v) is 13.3. The molecule has 1 aliphatic rings. The Morgan fingerprint density at radius 3 is 2.68 bits per heavy atom. The number of fused-ring (bicyclic) bond motifs is 2. The quantitative estimate of drug-likeness (QED) is 0.681. The van der Waals surface area contributed by atoms with Crippen molar-refractivity contribution in [2.75, 3.05) is 11.4 Å². The molecule has 0 fully saturated rings. The molecule has 0 amide bonds. The first-order valence-corrected chi connectivity index (χ1v) is 7.48. The van der Waals surface area contributed by atoms with E-state index in [9.17, 15) is 0 Å².